The number of aromatic nitrogens is 2. The summed E-state index contributed by atoms with van der Waals surface area (Å²) in [6.07, 6.45) is 3.67. The Morgan fingerprint density at radius 3 is 1.50 bits per heavy atom. The van der Waals surface area contributed by atoms with Crippen molar-refractivity contribution < 1.29 is 10.2 Å². The van der Waals surface area contributed by atoms with Crippen LogP contribution < -0.4 is 0 Å². The number of hydrogen-bond donors (Lipinski definition) is 2. The average Bonchev–Trinajstić information content (AvgIpc) is 2.61. The van der Waals surface area contributed by atoms with E-state index >= 15 is 0 Å². The fraction of sp³-hybridized carbons (Fsp3) is 0. The topological polar surface area (TPSA) is 66.2 Å². The van der Waals surface area contributed by atoms with Gasteiger partial charge in [0.1, 0.15) is 22.5 Å². The van der Waals surface area contributed by atoms with Gasteiger partial charge in [0.05, 0.1) is 11.4 Å². The maximum atomic E-state index is 9.90. The SMILES string of the molecule is Oc1cccc2ccc(C=Cc3ccc4cccc(O)c4n3)nc12. The van der Waals surface area contributed by atoms with Crippen molar-refractivity contribution in [3.63, 3.8) is 0 Å². The summed E-state index contributed by atoms with van der Waals surface area (Å²) in [5.41, 5.74) is 2.60. The molecular weight excluding hydrogens is 300 g/mol. The van der Waals surface area contributed by atoms with Crippen molar-refractivity contribution in [2.24, 2.45) is 0 Å². The van der Waals surface area contributed by atoms with E-state index in [4.69, 9.17) is 0 Å². The molecule has 116 valence electrons. The van der Waals surface area contributed by atoms with Crippen LogP contribution in [-0.4, -0.2) is 20.2 Å². The third kappa shape index (κ3) is 2.54. The molecule has 4 nitrogen and oxygen atoms in total. The van der Waals surface area contributed by atoms with E-state index in [0.717, 1.165) is 22.2 Å². The molecule has 24 heavy (non-hydrogen) atoms. The summed E-state index contributed by atoms with van der Waals surface area (Å²) in [6.45, 7) is 0. The van der Waals surface area contributed by atoms with Gasteiger partial charge in [-0.1, -0.05) is 36.4 Å². The van der Waals surface area contributed by atoms with Crippen LogP contribution in [0.2, 0.25) is 0 Å². The van der Waals surface area contributed by atoms with Crippen molar-refractivity contribution in [3.8, 4) is 11.5 Å². The lowest BCUT2D eigenvalue weighted by atomic mass is 10.1. The van der Waals surface area contributed by atoms with E-state index in [1.165, 1.54) is 0 Å². The van der Waals surface area contributed by atoms with Crippen LogP contribution in [-0.2, 0) is 0 Å². The highest BCUT2D eigenvalue weighted by atomic mass is 16.3. The van der Waals surface area contributed by atoms with Gasteiger partial charge in [-0.2, -0.15) is 0 Å². The monoisotopic (exact) mass is 314 g/mol. The molecule has 2 N–H and O–H groups in total. The quantitative estimate of drug-likeness (QED) is 0.577. The maximum absolute atomic E-state index is 9.90. The number of nitrogens with zero attached hydrogens (tertiary/aromatic N) is 2. The molecule has 4 aromatic rings. The summed E-state index contributed by atoms with van der Waals surface area (Å²) in [5, 5.41) is 21.6. The van der Waals surface area contributed by atoms with Gasteiger partial charge in [-0.05, 0) is 36.4 Å². The summed E-state index contributed by atoms with van der Waals surface area (Å²) in [6, 6.07) is 18.2. The highest BCUT2D eigenvalue weighted by Crippen LogP contribution is 2.24. The predicted octanol–water partition coefficient (Wildman–Crippen LogP) is 4.36. The molecule has 0 saturated heterocycles. The van der Waals surface area contributed by atoms with Crippen molar-refractivity contribution in [1.29, 1.82) is 0 Å². The largest absolute Gasteiger partial charge is 0.506 e. The van der Waals surface area contributed by atoms with Gasteiger partial charge in [-0.15, -0.1) is 0 Å². The van der Waals surface area contributed by atoms with E-state index in [0.29, 0.717) is 11.0 Å². The Hall–Kier alpha value is -3.40. The van der Waals surface area contributed by atoms with Crippen LogP contribution in [0.3, 0.4) is 0 Å². The number of benzene rings is 2. The van der Waals surface area contributed by atoms with E-state index in [2.05, 4.69) is 9.97 Å². The van der Waals surface area contributed by atoms with Gasteiger partial charge in [0.15, 0.2) is 0 Å². The Morgan fingerprint density at radius 1 is 0.583 bits per heavy atom. The molecule has 0 bridgehead atoms. The zero-order valence-corrected chi connectivity index (χ0v) is 12.7. The number of fused-ring (bicyclic) bond motifs is 2. The fourth-order valence-corrected chi connectivity index (χ4v) is 2.65. The van der Waals surface area contributed by atoms with Crippen LogP contribution in [0, 0.1) is 0 Å². The first kappa shape index (κ1) is 14.2. The average molecular weight is 314 g/mol. The van der Waals surface area contributed by atoms with Crippen LogP contribution in [0.1, 0.15) is 11.4 Å². The lowest BCUT2D eigenvalue weighted by Crippen LogP contribution is -1.86. The summed E-state index contributed by atoms with van der Waals surface area (Å²) in [5.74, 6) is 0.327. The second kappa shape index (κ2) is 5.66. The van der Waals surface area contributed by atoms with E-state index in [9.17, 15) is 10.2 Å². The van der Waals surface area contributed by atoms with Crippen LogP contribution in [0.5, 0.6) is 11.5 Å². The molecule has 0 amide bonds. The highest BCUT2D eigenvalue weighted by Gasteiger charge is 2.02. The van der Waals surface area contributed by atoms with Crippen molar-refractivity contribution in [1.82, 2.24) is 9.97 Å². The standard InChI is InChI=1S/C20H14N2O2/c23-17-5-1-3-13-7-9-15(21-19(13)17)11-12-16-10-8-14-4-2-6-18(24)20(14)22-16/h1-12,23-24H. The summed E-state index contributed by atoms with van der Waals surface area (Å²) in [4.78, 5) is 8.91. The number of pyridine rings is 2. The molecular formula is C20H14N2O2. The van der Waals surface area contributed by atoms with Gasteiger partial charge >= 0.3 is 0 Å². The van der Waals surface area contributed by atoms with E-state index in [-0.39, 0.29) is 11.5 Å². The minimum atomic E-state index is 0.163. The third-order valence-corrected chi connectivity index (χ3v) is 3.87. The van der Waals surface area contributed by atoms with Crippen molar-refractivity contribution in [3.05, 3.63) is 72.1 Å². The smallest absolute Gasteiger partial charge is 0.141 e. The molecule has 0 unspecified atom stereocenters. The van der Waals surface area contributed by atoms with Crippen LogP contribution >= 0.6 is 0 Å². The molecule has 2 aromatic carbocycles. The molecule has 2 heterocycles. The van der Waals surface area contributed by atoms with Gasteiger partial charge < -0.3 is 10.2 Å². The van der Waals surface area contributed by atoms with E-state index in [1.54, 1.807) is 24.3 Å². The lowest BCUT2D eigenvalue weighted by molar-refractivity contribution is 0.480. The molecule has 2 aromatic heterocycles. The zero-order chi connectivity index (χ0) is 16.5. The minimum absolute atomic E-state index is 0.163. The van der Waals surface area contributed by atoms with Gasteiger partial charge in [0.2, 0.25) is 0 Å². The molecule has 0 radical (unpaired) electrons. The maximum Gasteiger partial charge on any atom is 0.141 e. The summed E-state index contributed by atoms with van der Waals surface area (Å²) in [7, 11) is 0. The molecule has 4 rings (SSSR count). The molecule has 4 heteroatoms. The predicted molar refractivity (Wildman–Crippen MR) is 95.7 cm³/mol. The minimum Gasteiger partial charge on any atom is -0.506 e. The Bertz CT molecular complexity index is 1000. The molecule has 0 aliphatic carbocycles. The first-order valence-electron chi connectivity index (χ1n) is 7.56. The molecule has 0 saturated carbocycles. The number of phenolic OH excluding ortho intramolecular Hbond substituents is 2. The molecule has 0 atom stereocenters. The number of hydrogen-bond acceptors (Lipinski definition) is 4. The van der Waals surface area contributed by atoms with Gasteiger partial charge in [-0.3, -0.25) is 0 Å². The second-order valence-electron chi connectivity index (χ2n) is 5.50. The normalized spacial score (nSPS) is 11.5. The Morgan fingerprint density at radius 2 is 1.04 bits per heavy atom. The number of rotatable bonds is 2. The Balaban J connectivity index is 1.72. The summed E-state index contributed by atoms with van der Waals surface area (Å²) >= 11 is 0. The molecule has 0 spiro atoms. The van der Waals surface area contributed by atoms with Gasteiger partial charge in [-0.25, -0.2) is 9.97 Å². The van der Waals surface area contributed by atoms with E-state index < -0.39 is 0 Å². The van der Waals surface area contributed by atoms with Gasteiger partial charge in [0.25, 0.3) is 0 Å². The van der Waals surface area contributed by atoms with Gasteiger partial charge in [0, 0.05) is 10.8 Å². The Labute approximate surface area is 138 Å². The van der Waals surface area contributed by atoms with Crippen LogP contribution in [0.4, 0.5) is 0 Å². The first-order valence-corrected chi connectivity index (χ1v) is 7.56. The first-order chi connectivity index (χ1) is 11.7. The summed E-state index contributed by atoms with van der Waals surface area (Å²) < 4.78 is 0. The van der Waals surface area contributed by atoms with Crippen LogP contribution in [0.15, 0.2) is 60.7 Å². The Kier molecular flexibility index (Phi) is 3.35. The van der Waals surface area contributed by atoms with Crippen molar-refractivity contribution in [2.75, 3.05) is 0 Å². The number of phenols is 2. The lowest BCUT2D eigenvalue weighted by Gasteiger charge is -2.02. The molecule has 0 aliphatic rings. The van der Waals surface area contributed by atoms with Crippen molar-refractivity contribution >= 4 is 34.0 Å². The van der Waals surface area contributed by atoms with E-state index in [1.807, 2.05) is 48.6 Å². The van der Waals surface area contributed by atoms with Crippen molar-refractivity contribution in [2.45, 2.75) is 0 Å². The molecule has 0 aliphatic heterocycles. The molecule has 0 fully saturated rings. The van der Waals surface area contributed by atoms with Crippen LogP contribution in [0.25, 0.3) is 34.0 Å². The third-order valence-electron chi connectivity index (χ3n) is 3.87. The number of para-hydroxylation sites is 2. The zero-order valence-electron chi connectivity index (χ0n) is 12.7. The fourth-order valence-electron chi connectivity index (χ4n) is 2.65. The number of aromatic hydroxyl groups is 2. The second-order valence-corrected chi connectivity index (χ2v) is 5.50. The highest BCUT2D eigenvalue weighted by molar-refractivity contribution is 5.87.